The zero-order valence-corrected chi connectivity index (χ0v) is 9.11. The maximum Gasteiger partial charge on any atom is 0.335 e. The maximum absolute atomic E-state index is 13.2. The highest BCUT2D eigenvalue weighted by molar-refractivity contribution is 5.87. The first kappa shape index (κ1) is 11.1. The van der Waals surface area contributed by atoms with Gasteiger partial charge in [-0.25, -0.2) is 9.18 Å². The molecule has 1 aromatic carbocycles. The topological polar surface area (TPSA) is 40.5 Å². The van der Waals surface area contributed by atoms with Crippen LogP contribution in [0.5, 0.6) is 0 Å². The third-order valence-electron chi connectivity index (χ3n) is 2.81. The van der Waals surface area contributed by atoms with Gasteiger partial charge in [-0.05, 0) is 43.7 Å². The molecule has 0 atom stereocenters. The summed E-state index contributed by atoms with van der Waals surface area (Å²) in [5, 5.41) is 8.81. The number of benzene rings is 1. The predicted octanol–water partition coefficient (Wildman–Crippen LogP) is 2.12. The number of rotatable bonds is 4. The Kier molecular flexibility index (Phi) is 2.92. The van der Waals surface area contributed by atoms with Crippen molar-refractivity contribution in [3.05, 3.63) is 35.1 Å². The van der Waals surface area contributed by atoms with E-state index in [0.29, 0.717) is 18.2 Å². The van der Waals surface area contributed by atoms with Gasteiger partial charge in [-0.15, -0.1) is 0 Å². The number of carbonyl (C=O) groups is 1. The SMILES string of the molecule is CN(Cc1cc(F)cc(C(=O)O)c1)C1CC1. The van der Waals surface area contributed by atoms with E-state index in [1.54, 1.807) is 0 Å². The second-order valence-electron chi connectivity index (χ2n) is 4.30. The van der Waals surface area contributed by atoms with Gasteiger partial charge in [-0.3, -0.25) is 4.90 Å². The van der Waals surface area contributed by atoms with E-state index in [2.05, 4.69) is 4.90 Å². The van der Waals surface area contributed by atoms with Crippen LogP contribution in [0.4, 0.5) is 4.39 Å². The van der Waals surface area contributed by atoms with E-state index < -0.39 is 11.8 Å². The Labute approximate surface area is 93.5 Å². The minimum absolute atomic E-state index is 0.0131. The largest absolute Gasteiger partial charge is 0.478 e. The Bertz CT molecular complexity index is 415. The monoisotopic (exact) mass is 223 g/mol. The molecule has 0 heterocycles. The molecule has 1 aliphatic rings. The highest BCUT2D eigenvalue weighted by Gasteiger charge is 2.26. The van der Waals surface area contributed by atoms with Gasteiger partial charge >= 0.3 is 5.97 Å². The minimum atomic E-state index is -1.09. The summed E-state index contributed by atoms with van der Waals surface area (Å²) in [6.45, 7) is 0.600. The molecule has 86 valence electrons. The quantitative estimate of drug-likeness (QED) is 0.850. The molecule has 0 radical (unpaired) electrons. The summed E-state index contributed by atoms with van der Waals surface area (Å²) in [7, 11) is 1.98. The molecule has 0 saturated heterocycles. The fourth-order valence-electron chi connectivity index (χ4n) is 1.80. The van der Waals surface area contributed by atoms with Crippen LogP contribution in [0.1, 0.15) is 28.8 Å². The second kappa shape index (κ2) is 4.22. The van der Waals surface area contributed by atoms with Crippen molar-refractivity contribution in [1.82, 2.24) is 4.90 Å². The molecule has 2 rings (SSSR count). The van der Waals surface area contributed by atoms with Gasteiger partial charge in [0, 0.05) is 12.6 Å². The van der Waals surface area contributed by atoms with E-state index in [0.717, 1.165) is 6.07 Å². The normalized spacial score (nSPS) is 15.4. The second-order valence-corrected chi connectivity index (χ2v) is 4.30. The summed E-state index contributed by atoms with van der Waals surface area (Å²) in [4.78, 5) is 12.9. The van der Waals surface area contributed by atoms with E-state index in [4.69, 9.17) is 5.11 Å². The van der Waals surface area contributed by atoms with Crippen LogP contribution < -0.4 is 0 Å². The summed E-state index contributed by atoms with van der Waals surface area (Å²) in [6, 6.07) is 4.55. The maximum atomic E-state index is 13.2. The van der Waals surface area contributed by atoms with Crippen LogP contribution >= 0.6 is 0 Å². The number of hydrogen-bond acceptors (Lipinski definition) is 2. The summed E-state index contributed by atoms with van der Waals surface area (Å²) in [6.07, 6.45) is 2.36. The van der Waals surface area contributed by atoms with Gasteiger partial charge in [0.25, 0.3) is 0 Å². The number of nitrogens with zero attached hydrogens (tertiary/aromatic N) is 1. The van der Waals surface area contributed by atoms with Crippen LogP contribution in [-0.2, 0) is 6.54 Å². The number of halogens is 1. The lowest BCUT2D eigenvalue weighted by molar-refractivity contribution is 0.0696. The lowest BCUT2D eigenvalue weighted by Gasteiger charge is -2.15. The van der Waals surface area contributed by atoms with Crippen LogP contribution in [0.25, 0.3) is 0 Å². The van der Waals surface area contributed by atoms with Crippen molar-refractivity contribution in [3.63, 3.8) is 0 Å². The average Bonchev–Trinajstić information content (AvgIpc) is 2.99. The molecule has 1 aromatic rings. The Hall–Kier alpha value is -1.42. The molecule has 0 aliphatic heterocycles. The Morgan fingerprint density at radius 2 is 2.19 bits per heavy atom. The lowest BCUT2D eigenvalue weighted by atomic mass is 10.1. The molecule has 1 fully saturated rings. The van der Waals surface area contributed by atoms with E-state index in [-0.39, 0.29) is 5.56 Å². The fraction of sp³-hybridized carbons (Fsp3) is 0.417. The van der Waals surface area contributed by atoms with Crippen molar-refractivity contribution in [3.8, 4) is 0 Å². The highest BCUT2D eigenvalue weighted by atomic mass is 19.1. The molecule has 16 heavy (non-hydrogen) atoms. The fourth-order valence-corrected chi connectivity index (χ4v) is 1.80. The van der Waals surface area contributed by atoms with E-state index >= 15 is 0 Å². The van der Waals surface area contributed by atoms with E-state index in [1.807, 2.05) is 7.05 Å². The number of carboxylic acid groups (broad SMARTS) is 1. The molecule has 0 spiro atoms. The van der Waals surface area contributed by atoms with Crippen molar-refractivity contribution in [2.75, 3.05) is 7.05 Å². The molecular weight excluding hydrogens is 209 g/mol. The van der Waals surface area contributed by atoms with E-state index in [9.17, 15) is 9.18 Å². The number of carboxylic acids is 1. The zero-order chi connectivity index (χ0) is 11.7. The molecule has 1 N–H and O–H groups in total. The van der Waals surface area contributed by atoms with Gasteiger partial charge < -0.3 is 5.11 Å². The molecule has 0 amide bonds. The van der Waals surface area contributed by atoms with Crippen LogP contribution in [0.15, 0.2) is 18.2 Å². The summed E-state index contributed by atoms with van der Waals surface area (Å²) in [5.41, 5.74) is 0.728. The van der Waals surface area contributed by atoms with Crippen LogP contribution in [0.3, 0.4) is 0 Å². The molecular formula is C12H14FNO2. The van der Waals surface area contributed by atoms with Crippen LogP contribution in [-0.4, -0.2) is 29.1 Å². The van der Waals surface area contributed by atoms with Gasteiger partial charge in [-0.2, -0.15) is 0 Å². The van der Waals surface area contributed by atoms with Gasteiger partial charge in [-0.1, -0.05) is 0 Å². The predicted molar refractivity (Wildman–Crippen MR) is 57.8 cm³/mol. The summed E-state index contributed by atoms with van der Waals surface area (Å²) in [5.74, 6) is -1.58. The molecule has 0 bridgehead atoms. The molecule has 4 heteroatoms. The Balaban J connectivity index is 2.16. The molecule has 0 aromatic heterocycles. The van der Waals surface area contributed by atoms with Crippen molar-refractivity contribution >= 4 is 5.97 Å². The molecule has 3 nitrogen and oxygen atoms in total. The number of hydrogen-bond donors (Lipinski definition) is 1. The van der Waals surface area contributed by atoms with Crippen molar-refractivity contribution in [2.24, 2.45) is 0 Å². The molecule has 1 aliphatic carbocycles. The number of aromatic carboxylic acids is 1. The first-order valence-electron chi connectivity index (χ1n) is 5.29. The zero-order valence-electron chi connectivity index (χ0n) is 9.11. The van der Waals surface area contributed by atoms with Crippen molar-refractivity contribution in [2.45, 2.75) is 25.4 Å². The first-order chi connectivity index (χ1) is 7.56. The highest BCUT2D eigenvalue weighted by Crippen LogP contribution is 2.26. The summed E-state index contributed by atoms with van der Waals surface area (Å²) < 4.78 is 13.2. The van der Waals surface area contributed by atoms with Crippen LogP contribution in [0, 0.1) is 5.82 Å². The Morgan fingerprint density at radius 3 is 2.75 bits per heavy atom. The van der Waals surface area contributed by atoms with Gasteiger partial charge in [0.05, 0.1) is 5.56 Å². The standard InChI is InChI=1S/C12H14FNO2/c1-14(11-2-3-11)7-8-4-9(12(15)16)6-10(13)5-8/h4-6,11H,2-3,7H2,1H3,(H,15,16). The minimum Gasteiger partial charge on any atom is -0.478 e. The van der Waals surface area contributed by atoms with Crippen LogP contribution in [0.2, 0.25) is 0 Å². The first-order valence-corrected chi connectivity index (χ1v) is 5.29. The van der Waals surface area contributed by atoms with Crippen molar-refractivity contribution in [1.29, 1.82) is 0 Å². The summed E-state index contributed by atoms with van der Waals surface area (Å²) >= 11 is 0. The third-order valence-corrected chi connectivity index (χ3v) is 2.81. The van der Waals surface area contributed by atoms with Gasteiger partial charge in [0.15, 0.2) is 0 Å². The van der Waals surface area contributed by atoms with Gasteiger partial charge in [0.1, 0.15) is 5.82 Å². The molecule has 0 unspecified atom stereocenters. The Morgan fingerprint density at radius 1 is 1.50 bits per heavy atom. The van der Waals surface area contributed by atoms with Gasteiger partial charge in [0.2, 0.25) is 0 Å². The van der Waals surface area contributed by atoms with E-state index in [1.165, 1.54) is 25.0 Å². The average molecular weight is 223 g/mol. The van der Waals surface area contributed by atoms with Crippen molar-refractivity contribution < 1.29 is 14.3 Å². The third kappa shape index (κ3) is 2.58. The smallest absolute Gasteiger partial charge is 0.335 e. The lowest BCUT2D eigenvalue weighted by Crippen LogP contribution is -2.20. The molecule has 1 saturated carbocycles.